The number of hydrogen-bond donors (Lipinski definition) is 0. The molecule has 0 unspecified atom stereocenters. The van der Waals surface area contributed by atoms with E-state index in [4.69, 9.17) is 0 Å². The Balaban J connectivity index is 2.63. The van der Waals surface area contributed by atoms with Crippen LogP contribution in [0, 0.1) is 20.8 Å². The highest BCUT2D eigenvalue weighted by Gasteiger charge is 2.07. The van der Waals surface area contributed by atoms with Crippen molar-refractivity contribution in [3.8, 4) is 11.3 Å². The van der Waals surface area contributed by atoms with Gasteiger partial charge in [-0.1, -0.05) is 0 Å². The van der Waals surface area contributed by atoms with E-state index < -0.39 is 0 Å². The monoisotopic (exact) mass is 198 g/mol. The quantitative estimate of drug-likeness (QED) is 0.703. The molecule has 0 spiro atoms. The van der Waals surface area contributed by atoms with E-state index in [1.165, 1.54) is 11.1 Å². The molecule has 0 atom stereocenters. The summed E-state index contributed by atoms with van der Waals surface area (Å²) < 4.78 is 0. The summed E-state index contributed by atoms with van der Waals surface area (Å²) in [5.74, 6) is 0. The van der Waals surface area contributed by atoms with Crippen molar-refractivity contribution < 1.29 is 0 Å². The second-order valence-electron chi connectivity index (χ2n) is 3.81. The van der Waals surface area contributed by atoms with Gasteiger partial charge in [-0.3, -0.25) is 9.97 Å². The molecule has 2 heteroatoms. The molecule has 2 aromatic rings. The first-order chi connectivity index (χ1) is 7.18. The fourth-order valence-corrected chi connectivity index (χ4v) is 1.75. The molecule has 2 heterocycles. The van der Waals surface area contributed by atoms with E-state index in [0.717, 1.165) is 17.0 Å². The van der Waals surface area contributed by atoms with E-state index in [0.29, 0.717) is 0 Å². The van der Waals surface area contributed by atoms with Crippen molar-refractivity contribution in [2.45, 2.75) is 20.8 Å². The molecule has 2 aromatic heterocycles. The predicted molar refractivity (Wildman–Crippen MR) is 61.7 cm³/mol. The van der Waals surface area contributed by atoms with E-state index in [9.17, 15) is 0 Å². The first kappa shape index (κ1) is 9.84. The van der Waals surface area contributed by atoms with Crippen molar-refractivity contribution in [1.29, 1.82) is 0 Å². The van der Waals surface area contributed by atoms with Gasteiger partial charge < -0.3 is 0 Å². The van der Waals surface area contributed by atoms with Gasteiger partial charge in [0.1, 0.15) is 0 Å². The molecule has 2 nitrogen and oxygen atoms in total. The maximum Gasteiger partial charge on any atom is 0.0725 e. The van der Waals surface area contributed by atoms with E-state index in [1.54, 1.807) is 0 Å². The lowest BCUT2D eigenvalue weighted by atomic mass is 10.0. The molecule has 0 aliphatic heterocycles. The molecule has 0 aliphatic carbocycles. The lowest BCUT2D eigenvalue weighted by Gasteiger charge is -2.08. The summed E-state index contributed by atoms with van der Waals surface area (Å²) in [5.41, 5.74) is 5.65. The summed E-state index contributed by atoms with van der Waals surface area (Å²) in [6, 6.07) is 6.12. The Morgan fingerprint density at radius 3 is 2.33 bits per heavy atom. The van der Waals surface area contributed by atoms with Crippen LogP contribution in [0.5, 0.6) is 0 Å². The Bertz CT molecular complexity index is 469. The Morgan fingerprint density at radius 1 is 0.933 bits per heavy atom. The van der Waals surface area contributed by atoms with Crippen molar-refractivity contribution >= 4 is 0 Å². The minimum Gasteiger partial charge on any atom is -0.261 e. The van der Waals surface area contributed by atoms with Gasteiger partial charge in [-0.05, 0) is 50.1 Å². The predicted octanol–water partition coefficient (Wildman–Crippen LogP) is 3.07. The van der Waals surface area contributed by atoms with Crippen LogP contribution in [-0.4, -0.2) is 9.97 Å². The summed E-state index contributed by atoms with van der Waals surface area (Å²) in [5, 5.41) is 0. The van der Waals surface area contributed by atoms with E-state index >= 15 is 0 Å². The molecule has 2 rings (SSSR count). The van der Waals surface area contributed by atoms with Crippen LogP contribution in [0.1, 0.15) is 16.8 Å². The number of nitrogens with zero attached hydrogens (tertiary/aromatic N) is 2. The van der Waals surface area contributed by atoms with Gasteiger partial charge in [0.05, 0.1) is 5.69 Å². The topological polar surface area (TPSA) is 25.8 Å². The van der Waals surface area contributed by atoms with Crippen LogP contribution in [0.25, 0.3) is 11.3 Å². The highest BCUT2D eigenvalue weighted by atomic mass is 14.7. The summed E-state index contributed by atoms with van der Waals surface area (Å²) in [4.78, 5) is 8.70. The minimum absolute atomic E-state index is 1.01. The minimum atomic E-state index is 1.01. The maximum atomic E-state index is 4.39. The second-order valence-corrected chi connectivity index (χ2v) is 3.81. The first-order valence-corrected chi connectivity index (χ1v) is 5.03. The molecule has 15 heavy (non-hydrogen) atoms. The molecular weight excluding hydrogens is 184 g/mol. The lowest BCUT2D eigenvalue weighted by Crippen LogP contribution is -1.93. The first-order valence-electron chi connectivity index (χ1n) is 5.03. The van der Waals surface area contributed by atoms with Gasteiger partial charge in [0.2, 0.25) is 0 Å². The average Bonchev–Trinajstić information content (AvgIpc) is 2.17. The smallest absolute Gasteiger partial charge is 0.0725 e. The zero-order chi connectivity index (χ0) is 10.8. The van der Waals surface area contributed by atoms with Crippen LogP contribution in [0.15, 0.2) is 30.6 Å². The molecule has 0 aromatic carbocycles. The van der Waals surface area contributed by atoms with Crippen LogP contribution in [0.2, 0.25) is 0 Å². The van der Waals surface area contributed by atoms with Gasteiger partial charge in [-0.15, -0.1) is 0 Å². The number of aromatic nitrogens is 2. The average molecular weight is 198 g/mol. The molecule has 0 amide bonds. The number of pyridine rings is 2. The van der Waals surface area contributed by atoms with Gasteiger partial charge >= 0.3 is 0 Å². The summed E-state index contributed by atoms with van der Waals surface area (Å²) in [7, 11) is 0. The Labute approximate surface area is 90.0 Å². The third-order valence-electron chi connectivity index (χ3n) is 2.52. The molecule has 0 radical (unpaired) electrons. The normalized spacial score (nSPS) is 10.3. The molecule has 0 fully saturated rings. The Kier molecular flexibility index (Phi) is 2.50. The van der Waals surface area contributed by atoms with Crippen molar-refractivity contribution in [1.82, 2.24) is 9.97 Å². The van der Waals surface area contributed by atoms with Gasteiger partial charge in [0, 0.05) is 23.7 Å². The van der Waals surface area contributed by atoms with Gasteiger partial charge in [-0.2, -0.15) is 0 Å². The van der Waals surface area contributed by atoms with Crippen LogP contribution < -0.4 is 0 Å². The van der Waals surface area contributed by atoms with Crippen LogP contribution >= 0.6 is 0 Å². The maximum absolute atomic E-state index is 4.39. The number of hydrogen-bond acceptors (Lipinski definition) is 2. The fourth-order valence-electron chi connectivity index (χ4n) is 1.75. The molecule has 0 saturated heterocycles. The third kappa shape index (κ3) is 1.89. The molecule has 0 saturated carbocycles. The highest BCUT2D eigenvalue weighted by molar-refractivity contribution is 5.65. The fraction of sp³-hybridized carbons (Fsp3) is 0.231. The number of rotatable bonds is 1. The third-order valence-corrected chi connectivity index (χ3v) is 2.52. The SMILES string of the molecule is Cc1ccnc(-c2c(C)ccnc2C)c1. The van der Waals surface area contributed by atoms with Crippen LogP contribution in [0.4, 0.5) is 0 Å². The van der Waals surface area contributed by atoms with Gasteiger partial charge in [-0.25, -0.2) is 0 Å². The molecule has 76 valence electrons. The molecule has 0 N–H and O–H groups in total. The van der Waals surface area contributed by atoms with Crippen LogP contribution in [-0.2, 0) is 0 Å². The van der Waals surface area contributed by atoms with E-state index in [1.807, 2.05) is 31.5 Å². The zero-order valence-corrected chi connectivity index (χ0v) is 9.28. The zero-order valence-electron chi connectivity index (χ0n) is 9.28. The highest BCUT2D eigenvalue weighted by Crippen LogP contribution is 2.23. The Hall–Kier alpha value is -1.70. The van der Waals surface area contributed by atoms with E-state index in [2.05, 4.69) is 29.9 Å². The summed E-state index contributed by atoms with van der Waals surface area (Å²) in [6.45, 7) is 6.19. The summed E-state index contributed by atoms with van der Waals surface area (Å²) >= 11 is 0. The largest absolute Gasteiger partial charge is 0.261 e. The Morgan fingerprint density at radius 2 is 1.67 bits per heavy atom. The van der Waals surface area contributed by atoms with Crippen molar-refractivity contribution in [2.75, 3.05) is 0 Å². The number of aryl methyl sites for hydroxylation is 3. The van der Waals surface area contributed by atoms with Gasteiger partial charge in [0.25, 0.3) is 0 Å². The van der Waals surface area contributed by atoms with E-state index in [-0.39, 0.29) is 0 Å². The van der Waals surface area contributed by atoms with Gasteiger partial charge in [0.15, 0.2) is 0 Å². The lowest BCUT2D eigenvalue weighted by molar-refractivity contribution is 1.16. The van der Waals surface area contributed by atoms with Crippen molar-refractivity contribution in [3.05, 3.63) is 47.4 Å². The molecule has 0 aliphatic rings. The molecule has 0 bridgehead atoms. The standard InChI is InChI=1S/C13H14N2/c1-9-4-6-15-12(8-9)13-10(2)5-7-14-11(13)3/h4-8H,1-3H3. The second kappa shape index (κ2) is 3.81. The molecular formula is C13H14N2. The van der Waals surface area contributed by atoms with Crippen molar-refractivity contribution in [2.24, 2.45) is 0 Å². The van der Waals surface area contributed by atoms with Crippen molar-refractivity contribution in [3.63, 3.8) is 0 Å². The van der Waals surface area contributed by atoms with Crippen LogP contribution in [0.3, 0.4) is 0 Å². The summed E-state index contributed by atoms with van der Waals surface area (Å²) in [6.07, 6.45) is 3.68.